The number of ether oxygens (including phenoxy) is 2. The summed E-state index contributed by atoms with van der Waals surface area (Å²) < 4.78 is 44.5. The highest BCUT2D eigenvalue weighted by molar-refractivity contribution is 9.08. The van der Waals surface area contributed by atoms with E-state index in [1.165, 1.54) is 0 Å². The summed E-state index contributed by atoms with van der Waals surface area (Å²) in [5.74, 6) is -1.51. The number of nitro groups is 1. The van der Waals surface area contributed by atoms with E-state index in [4.69, 9.17) is 0 Å². The molecule has 100 valence electrons. The number of rotatable bonds is 4. The maximum absolute atomic E-state index is 12.1. The second-order valence-electron chi connectivity index (χ2n) is 2.91. The summed E-state index contributed by atoms with van der Waals surface area (Å²) in [4.78, 5) is 13.1. The molecule has 0 radical (unpaired) electrons. The zero-order valence-corrected chi connectivity index (χ0v) is 10.4. The molecule has 0 amide bonds. The van der Waals surface area contributed by atoms with E-state index >= 15 is 0 Å². The van der Waals surface area contributed by atoms with Gasteiger partial charge in [-0.1, -0.05) is 15.9 Å². The molecule has 0 N–H and O–H groups in total. The van der Waals surface area contributed by atoms with E-state index in [1.54, 1.807) is 0 Å². The largest absolute Gasteiger partial charge is 0.574 e. The molecule has 0 saturated carbocycles. The van der Waals surface area contributed by atoms with Crippen molar-refractivity contribution in [3.05, 3.63) is 21.9 Å². The maximum Gasteiger partial charge on any atom is 0.574 e. The summed E-state index contributed by atoms with van der Waals surface area (Å²) in [7, 11) is 1.09. The smallest absolute Gasteiger partial charge is 0.490 e. The molecule has 0 aliphatic carbocycles. The van der Waals surface area contributed by atoms with Gasteiger partial charge in [0.05, 0.1) is 17.7 Å². The Balaban J connectivity index is 3.39. The fraction of sp³-hybridized carbons (Fsp3) is 0.375. The Morgan fingerprint density at radius 3 is 2.56 bits per heavy atom. The molecule has 0 unspecified atom stereocenters. The molecule has 0 saturated heterocycles. The monoisotopic (exact) mass is 330 g/mol. The van der Waals surface area contributed by atoms with Gasteiger partial charge in [0.25, 0.3) is 0 Å². The molecule has 0 aliphatic rings. The van der Waals surface area contributed by atoms with Crippen LogP contribution in [0.5, 0.6) is 11.6 Å². The fourth-order valence-electron chi connectivity index (χ4n) is 1.11. The van der Waals surface area contributed by atoms with Gasteiger partial charge in [0.1, 0.15) is 0 Å². The molecule has 0 bridgehead atoms. The Kier molecular flexibility index (Phi) is 4.33. The Morgan fingerprint density at radius 2 is 2.17 bits per heavy atom. The van der Waals surface area contributed by atoms with Gasteiger partial charge in [-0.05, 0) is 0 Å². The Bertz CT molecular complexity index is 466. The van der Waals surface area contributed by atoms with E-state index in [9.17, 15) is 23.3 Å². The van der Waals surface area contributed by atoms with Crippen molar-refractivity contribution in [2.75, 3.05) is 7.11 Å². The molecule has 18 heavy (non-hydrogen) atoms. The molecule has 0 aromatic carbocycles. The van der Waals surface area contributed by atoms with Gasteiger partial charge in [-0.25, -0.2) is 4.98 Å². The number of halogens is 4. The zero-order chi connectivity index (χ0) is 13.9. The standard InChI is InChI=1S/C8H6BrF3N2O4/c1-17-5-2-4(3-9)13-7(6(5)14(15)16)18-8(10,11)12/h2H,3H2,1H3. The first kappa shape index (κ1) is 14.5. The van der Waals surface area contributed by atoms with Crippen LogP contribution in [0.25, 0.3) is 0 Å². The van der Waals surface area contributed by atoms with Crippen molar-refractivity contribution in [2.24, 2.45) is 0 Å². The Hall–Kier alpha value is -1.58. The predicted octanol–water partition coefficient (Wildman–Crippen LogP) is 2.79. The van der Waals surface area contributed by atoms with E-state index < -0.39 is 22.9 Å². The van der Waals surface area contributed by atoms with Gasteiger partial charge >= 0.3 is 17.9 Å². The lowest BCUT2D eigenvalue weighted by Crippen LogP contribution is -2.19. The molecule has 1 rings (SSSR count). The van der Waals surface area contributed by atoms with Crippen LogP contribution >= 0.6 is 15.9 Å². The second-order valence-corrected chi connectivity index (χ2v) is 3.47. The Labute approximate surface area is 107 Å². The summed E-state index contributed by atoms with van der Waals surface area (Å²) in [6.45, 7) is 0. The van der Waals surface area contributed by atoms with E-state index in [2.05, 4.69) is 30.4 Å². The van der Waals surface area contributed by atoms with E-state index in [-0.39, 0.29) is 16.8 Å². The second kappa shape index (κ2) is 5.38. The molecule has 1 aromatic rings. The average molecular weight is 331 g/mol. The summed E-state index contributed by atoms with van der Waals surface area (Å²) in [5.41, 5.74) is -0.865. The topological polar surface area (TPSA) is 74.5 Å². The van der Waals surface area contributed by atoms with Gasteiger partial charge in [-0.15, -0.1) is 13.2 Å². The first-order valence-electron chi connectivity index (χ1n) is 4.32. The third kappa shape index (κ3) is 3.45. The lowest BCUT2D eigenvalue weighted by atomic mass is 10.3. The minimum Gasteiger partial charge on any atom is -0.490 e. The summed E-state index contributed by atoms with van der Waals surface area (Å²) in [6, 6.07) is 1.15. The lowest BCUT2D eigenvalue weighted by molar-refractivity contribution is -0.390. The number of nitrogens with zero attached hydrogens (tertiary/aromatic N) is 2. The van der Waals surface area contributed by atoms with Gasteiger partial charge in [-0.3, -0.25) is 10.1 Å². The van der Waals surface area contributed by atoms with Crippen LogP contribution in [0.1, 0.15) is 5.69 Å². The maximum atomic E-state index is 12.1. The van der Waals surface area contributed by atoms with Gasteiger partial charge in [0, 0.05) is 11.4 Å². The van der Waals surface area contributed by atoms with E-state index in [0.717, 1.165) is 13.2 Å². The first-order chi connectivity index (χ1) is 8.28. The molecule has 0 atom stereocenters. The highest BCUT2D eigenvalue weighted by Crippen LogP contribution is 2.38. The minimum absolute atomic E-state index is 0.0928. The third-order valence-corrected chi connectivity index (χ3v) is 2.31. The van der Waals surface area contributed by atoms with E-state index in [1.807, 2.05) is 0 Å². The van der Waals surface area contributed by atoms with Crippen LogP contribution in [0, 0.1) is 10.1 Å². The summed E-state index contributed by atoms with van der Waals surface area (Å²) >= 11 is 2.97. The molecule has 0 fully saturated rings. The molecule has 1 heterocycles. The van der Waals surface area contributed by atoms with Crippen LogP contribution in [0.4, 0.5) is 18.9 Å². The van der Waals surface area contributed by atoms with Crippen LogP contribution in [-0.2, 0) is 5.33 Å². The lowest BCUT2D eigenvalue weighted by Gasteiger charge is -2.11. The van der Waals surface area contributed by atoms with Gasteiger partial charge in [-0.2, -0.15) is 0 Å². The molecular formula is C8H6BrF3N2O4. The normalized spacial score (nSPS) is 11.2. The average Bonchev–Trinajstić information content (AvgIpc) is 2.25. The molecule has 0 aliphatic heterocycles. The van der Waals surface area contributed by atoms with Gasteiger partial charge in [0.2, 0.25) is 5.75 Å². The molecule has 10 heteroatoms. The van der Waals surface area contributed by atoms with Crippen LogP contribution in [0.15, 0.2) is 6.07 Å². The number of aromatic nitrogens is 1. The van der Waals surface area contributed by atoms with Crippen molar-refractivity contribution < 1.29 is 27.6 Å². The fourth-order valence-corrected chi connectivity index (χ4v) is 1.40. The van der Waals surface area contributed by atoms with Crippen molar-refractivity contribution in [2.45, 2.75) is 11.7 Å². The van der Waals surface area contributed by atoms with Crippen LogP contribution in [0.3, 0.4) is 0 Å². The number of hydrogen-bond donors (Lipinski definition) is 0. The van der Waals surface area contributed by atoms with Crippen molar-refractivity contribution in [3.8, 4) is 11.6 Å². The quantitative estimate of drug-likeness (QED) is 0.482. The highest BCUT2D eigenvalue weighted by Gasteiger charge is 2.37. The van der Waals surface area contributed by atoms with Crippen molar-refractivity contribution in [1.82, 2.24) is 4.98 Å². The van der Waals surface area contributed by atoms with E-state index in [0.29, 0.717) is 0 Å². The van der Waals surface area contributed by atoms with Crippen LogP contribution < -0.4 is 9.47 Å². The number of hydrogen-bond acceptors (Lipinski definition) is 5. The highest BCUT2D eigenvalue weighted by atomic mass is 79.9. The third-order valence-electron chi connectivity index (χ3n) is 1.73. The zero-order valence-electron chi connectivity index (χ0n) is 8.82. The Morgan fingerprint density at radius 1 is 1.56 bits per heavy atom. The number of methoxy groups -OCH3 is 1. The predicted molar refractivity (Wildman–Crippen MR) is 56.8 cm³/mol. The van der Waals surface area contributed by atoms with Crippen molar-refractivity contribution >= 4 is 21.6 Å². The number of pyridine rings is 1. The minimum atomic E-state index is -5.08. The van der Waals surface area contributed by atoms with Crippen LogP contribution in [-0.4, -0.2) is 23.4 Å². The number of alkyl halides is 4. The first-order valence-corrected chi connectivity index (χ1v) is 5.44. The molecule has 0 spiro atoms. The molecule has 6 nitrogen and oxygen atoms in total. The molecule has 1 aromatic heterocycles. The van der Waals surface area contributed by atoms with Crippen molar-refractivity contribution in [1.29, 1.82) is 0 Å². The van der Waals surface area contributed by atoms with Crippen molar-refractivity contribution in [3.63, 3.8) is 0 Å². The summed E-state index contributed by atoms with van der Waals surface area (Å²) in [5, 5.41) is 10.8. The van der Waals surface area contributed by atoms with Crippen LogP contribution in [0.2, 0.25) is 0 Å². The summed E-state index contributed by atoms with van der Waals surface area (Å²) in [6.07, 6.45) is -5.08. The van der Waals surface area contributed by atoms with Gasteiger partial charge in [0.15, 0.2) is 0 Å². The molecular weight excluding hydrogens is 325 g/mol. The van der Waals surface area contributed by atoms with Gasteiger partial charge < -0.3 is 9.47 Å². The SMILES string of the molecule is COc1cc(CBr)nc(OC(F)(F)F)c1[N+](=O)[O-].